The Bertz CT molecular complexity index is 585. The van der Waals surface area contributed by atoms with Crippen LogP contribution in [0.1, 0.15) is 42.1 Å². The predicted octanol–water partition coefficient (Wildman–Crippen LogP) is 1.53. The number of hydrogen-bond donors (Lipinski definition) is 1. The first-order chi connectivity index (χ1) is 10.1. The Hall–Kier alpha value is -2.04. The summed E-state index contributed by atoms with van der Waals surface area (Å²) in [4.78, 5) is 25.9. The molecule has 0 aliphatic carbocycles. The lowest BCUT2D eigenvalue weighted by atomic mass is 9.96. The van der Waals surface area contributed by atoms with Gasteiger partial charge >= 0.3 is 0 Å². The summed E-state index contributed by atoms with van der Waals surface area (Å²) in [5.41, 5.74) is 1.70. The zero-order chi connectivity index (χ0) is 15.0. The van der Waals surface area contributed by atoms with E-state index in [2.05, 4.69) is 12.2 Å². The molecule has 1 aromatic carbocycles. The molecular weight excluding hydrogens is 268 g/mol. The van der Waals surface area contributed by atoms with E-state index >= 15 is 0 Å². The van der Waals surface area contributed by atoms with Gasteiger partial charge in [-0.05, 0) is 13.0 Å². The Labute approximate surface area is 124 Å². The molecule has 5 nitrogen and oxygen atoms in total. The van der Waals surface area contributed by atoms with Gasteiger partial charge in [-0.3, -0.25) is 9.59 Å². The molecule has 2 atom stereocenters. The molecule has 2 unspecified atom stereocenters. The first-order valence-electron chi connectivity index (χ1n) is 7.43. The summed E-state index contributed by atoms with van der Waals surface area (Å²) >= 11 is 0. The Balaban J connectivity index is 1.88. The van der Waals surface area contributed by atoms with Gasteiger partial charge in [-0.25, -0.2) is 0 Å². The van der Waals surface area contributed by atoms with Gasteiger partial charge in [-0.15, -0.1) is 0 Å². The molecular formula is C16H20N2O3. The fourth-order valence-corrected chi connectivity index (χ4v) is 2.89. The minimum absolute atomic E-state index is 0.00193. The maximum Gasteiger partial charge on any atom is 0.257 e. The van der Waals surface area contributed by atoms with Crippen molar-refractivity contribution in [1.82, 2.24) is 10.2 Å². The van der Waals surface area contributed by atoms with Crippen LogP contribution in [0.25, 0.3) is 0 Å². The van der Waals surface area contributed by atoms with Crippen LogP contribution >= 0.6 is 0 Å². The van der Waals surface area contributed by atoms with Crippen molar-refractivity contribution in [1.29, 1.82) is 0 Å². The van der Waals surface area contributed by atoms with Crippen molar-refractivity contribution in [3.05, 3.63) is 29.3 Å². The zero-order valence-electron chi connectivity index (χ0n) is 12.4. The maximum absolute atomic E-state index is 12.7. The first kappa shape index (κ1) is 13.9. The molecule has 5 heteroatoms. The molecule has 0 radical (unpaired) electrons. The Morgan fingerprint density at radius 1 is 1.33 bits per heavy atom. The van der Waals surface area contributed by atoms with E-state index in [0.717, 1.165) is 5.56 Å². The monoisotopic (exact) mass is 288 g/mol. The van der Waals surface area contributed by atoms with Crippen LogP contribution in [-0.4, -0.2) is 42.5 Å². The quantitative estimate of drug-likeness (QED) is 0.852. The van der Waals surface area contributed by atoms with Crippen molar-refractivity contribution >= 4 is 11.8 Å². The first-order valence-corrected chi connectivity index (χ1v) is 7.43. The molecule has 0 aromatic heterocycles. The molecule has 0 bridgehead atoms. The highest BCUT2D eigenvalue weighted by atomic mass is 16.5. The molecule has 2 heterocycles. The summed E-state index contributed by atoms with van der Waals surface area (Å²) in [6, 6.07) is 5.74. The zero-order valence-corrected chi connectivity index (χ0v) is 12.4. The average molecular weight is 288 g/mol. The summed E-state index contributed by atoms with van der Waals surface area (Å²) < 4.78 is 5.88. The number of para-hydroxylation sites is 1. The van der Waals surface area contributed by atoms with E-state index in [-0.39, 0.29) is 17.9 Å². The molecule has 1 N–H and O–H groups in total. The van der Waals surface area contributed by atoms with Crippen LogP contribution in [0.3, 0.4) is 0 Å². The van der Waals surface area contributed by atoms with Crippen molar-refractivity contribution in [2.45, 2.75) is 32.3 Å². The highest BCUT2D eigenvalue weighted by Gasteiger charge is 2.32. The number of ether oxygens (including phenoxy) is 1. The highest BCUT2D eigenvalue weighted by Crippen LogP contribution is 2.40. The molecule has 2 amide bonds. The van der Waals surface area contributed by atoms with E-state index < -0.39 is 0 Å². The van der Waals surface area contributed by atoms with Crippen LogP contribution in [-0.2, 0) is 4.79 Å². The largest absolute Gasteiger partial charge is 0.489 e. The number of nitrogens with one attached hydrogen (secondary N) is 1. The topological polar surface area (TPSA) is 58.6 Å². The van der Waals surface area contributed by atoms with Crippen molar-refractivity contribution in [2.75, 3.05) is 19.6 Å². The number of benzene rings is 1. The van der Waals surface area contributed by atoms with Gasteiger partial charge in [0.25, 0.3) is 5.91 Å². The molecule has 2 aliphatic heterocycles. The lowest BCUT2D eigenvalue weighted by Gasteiger charge is -2.20. The van der Waals surface area contributed by atoms with Crippen molar-refractivity contribution in [2.24, 2.45) is 0 Å². The smallest absolute Gasteiger partial charge is 0.257 e. The van der Waals surface area contributed by atoms with Gasteiger partial charge in [0, 0.05) is 37.5 Å². The summed E-state index contributed by atoms with van der Waals surface area (Å²) in [5.74, 6) is 0.956. The fraction of sp³-hybridized carbons (Fsp3) is 0.500. The Morgan fingerprint density at radius 2 is 2.14 bits per heavy atom. The number of rotatable bonds is 1. The predicted molar refractivity (Wildman–Crippen MR) is 78.5 cm³/mol. The third-order valence-corrected chi connectivity index (χ3v) is 4.37. The molecule has 21 heavy (non-hydrogen) atoms. The Morgan fingerprint density at radius 3 is 2.95 bits per heavy atom. The average Bonchev–Trinajstić information content (AvgIpc) is 2.65. The van der Waals surface area contributed by atoms with Crippen LogP contribution in [0, 0.1) is 0 Å². The molecule has 1 aromatic rings. The molecule has 2 aliphatic rings. The van der Waals surface area contributed by atoms with Gasteiger partial charge in [-0.2, -0.15) is 0 Å². The third-order valence-electron chi connectivity index (χ3n) is 4.37. The second kappa shape index (κ2) is 5.39. The van der Waals surface area contributed by atoms with E-state index in [1.165, 1.54) is 0 Å². The molecule has 1 saturated heterocycles. The lowest BCUT2D eigenvalue weighted by molar-refractivity contribution is -0.120. The second-order valence-electron chi connectivity index (χ2n) is 5.73. The maximum atomic E-state index is 12.7. The normalized spacial score (nSPS) is 24.9. The van der Waals surface area contributed by atoms with Crippen molar-refractivity contribution in [3.8, 4) is 5.75 Å². The minimum Gasteiger partial charge on any atom is -0.489 e. The SMILES string of the molecule is CC1Oc2c(C(=O)N3CCNC(=O)CC3)cccc2C1C. The van der Waals surface area contributed by atoms with Gasteiger partial charge in [0.1, 0.15) is 11.9 Å². The van der Waals surface area contributed by atoms with Crippen LogP contribution in [0.4, 0.5) is 0 Å². The van der Waals surface area contributed by atoms with Gasteiger partial charge < -0.3 is 15.0 Å². The number of nitrogens with zero attached hydrogens (tertiary/aromatic N) is 1. The van der Waals surface area contributed by atoms with Crippen molar-refractivity contribution in [3.63, 3.8) is 0 Å². The van der Waals surface area contributed by atoms with Crippen LogP contribution < -0.4 is 10.1 Å². The molecule has 112 valence electrons. The highest BCUT2D eigenvalue weighted by molar-refractivity contribution is 5.98. The summed E-state index contributed by atoms with van der Waals surface area (Å²) in [6.07, 6.45) is 0.440. The molecule has 3 rings (SSSR count). The van der Waals surface area contributed by atoms with E-state index in [1.807, 2.05) is 25.1 Å². The lowest BCUT2D eigenvalue weighted by Crippen LogP contribution is -2.34. The van der Waals surface area contributed by atoms with Crippen LogP contribution in [0.5, 0.6) is 5.75 Å². The van der Waals surface area contributed by atoms with Gasteiger partial charge in [0.2, 0.25) is 5.91 Å². The second-order valence-corrected chi connectivity index (χ2v) is 5.73. The van der Waals surface area contributed by atoms with E-state index in [4.69, 9.17) is 4.74 Å². The fourth-order valence-electron chi connectivity index (χ4n) is 2.89. The molecule has 0 spiro atoms. The van der Waals surface area contributed by atoms with Crippen LogP contribution in [0.2, 0.25) is 0 Å². The van der Waals surface area contributed by atoms with Crippen LogP contribution in [0.15, 0.2) is 18.2 Å². The summed E-state index contributed by atoms with van der Waals surface area (Å²) in [5, 5.41) is 2.78. The van der Waals surface area contributed by atoms with E-state index in [9.17, 15) is 9.59 Å². The van der Waals surface area contributed by atoms with Gasteiger partial charge in [0.15, 0.2) is 0 Å². The minimum atomic E-state index is -0.0512. The molecule has 1 fully saturated rings. The number of hydrogen-bond acceptors (Lipinski definition) is 3. The van der Waals surface area contributed by atoms with Gasteiger partial charge in [0.05, 0.1) is 5.56 Å². The summed E-state index contributed by atoms with van der Waals surface area (Å²) in [7, 11) is 0. The van der Waals surface area contributed by atoms with Crippen molar-refractivity contribution < 1.29 is 14.3 Å². The van der Waals surface area contributed by atoms with Gasteiger partial charge in [-0.1, -0.05) is 19.1 Å². The standard InChI is InChI=1S/C16H20N2O3/c1-10-11(2)21-15-12(10)4-3-5-13(15)16(20)18-8-6-14(19)17-7-9-18/h3-5,10-11H,6-9H2,1-2H3,(H,17,19). The van der Waals surface area contributed by atoms with E-state index in [0.29, 0.717) is 43.3 Å². The number of carbonyl (C=O) groups excluding carboxylic acids is 2. The Kier molecular flexibility index (Phi) is 3.57. The number of amides is 2. The number of carbonyl (C=O) groups is 2. The third kappa shape index (κ3) is 2.48. The number of fused-ring (bicyclic) bond motifs is 1. The summed E-state index contributed by atoms with van der Waals surface area (Å²) in [6.45, 7) is 5.64. The van der Waals surface area contributed by atoms with E-state index in [1.54, 1.807) is 4.90 Å². The molecule has 0 saturated carbocycles.